The van der Waals surface area contributed by atoms with Crippen molar-refractivity contribution in [1.82, 2.24) is 18.7 Å². The van der Waals surface area contributed by atoms with Crippen LogP contribution in [0.15, 0.2) is 40.2 Å². The van der Waals surface area contributed by atoms with E-state index in [1.54, 1.807) is 24.3 Å². The van der Waals surface area contributed by atoms with Gasteiger partial charge in [0.15, 0.2) is 11.2 Å². The van der Waals surface area contributed by atoms with Gasteiger partial charge >= 0.3 is 5.69 Å². The number of rotatable bonds is 3. The number of nitriles is 1. The van der Waals surface area contributed by atoms with Gasteiger partial charge in [-0.25, -0.2) is 9.78 Å². The topological polar surface area (TPSA) is 115 Å². The third kappa shape index (κ3) is 2.70. The van der Waals surface area contributed by atoms with Crippen LogP contribution >= 0.6 is 0 Å². The molecule has 0 radical (unpaired) electrons. The number of carbonyl (C=O) groups excluding carboxylic acids is 1. The van der Waals surface area contributed by atoms with Crippen molar-refractivity contribution in [2.24, 2.45) is 14.1 Å². The molecule has 3 rings (SSSR count). The smallest absolute Gasteiger partial charge is 0.323 e. The molecular formula is C16H14N6O3. The molecule has 2 aromatic heterocycles. The highest BCUT2D eigenvalue weighted by atomic mass is 16.2. The van der Waals surface area contributed by atoms with Crippen LogP contribution in [-0.2, 0) is 25.4 Å². The fraction of sp³-hybridized carbons (Fsp3) is 0.188. The Morgan fingerprint density at radius 2 is 1.96 bits per heavy atom. The van der Waals surface area contributed by atoms with Gasteiger partial charge < -0.3 is 9.88 Å². The van der Waals surface area contributed by atoms with Crippen LogP contribution < -0.4 is 16.6 Å². The number of amides is 1. The van der Waals surface area contributed by atoms with E-state index in [4.69, 9.17) is 5.26 Å². The summed E-state index contributed by atoms with van der Waals surface area (Å²) in [6.45, 7) is -0.177. The second kappa shape index (κ2) is 6.09. The van der Waals surface area contributed by atoms with Crippen molar-refractivity contribution < 1.29 is 4.79 Å². The van der Waals surface area contributed by atoms with Gasteiger partial charge in [0.2, 0.25) is 5.91 Å². The summed E-state index contributed by atoms with van der Waals surface area (Å²) in [5.41, 5.74) is 0.0759. The number of nitrogens with zero attached hydrogens (tertiary/aromatic N) is 5. The number of para-hydroxylation sites is 1. The summed E-state index contributed by atoms with van der Waals surface area (Å²) in [5.74, 6) is -0.419. The molecule has 0 spiro atoms. The molecule has 0 aliphatic carbocycles. The first-order valence-electron chi connectivity index (χ1n) is 7.34. The van der Waals surface area contributed by atoms with Crippen molar-refractivity contribution in [2.75, 3.05) is 5.32 Å². The van der Waals surface area contributed by atoms with E-state index in [1.165, 1.54) is 29.6 Å². The van der Waals surface area contributed by atoms with E-state index in [-0.39, 0.29) is 17.7 Å². The lowest BCUT2D eigenvalue weighted by molar-refractivity contribution is -0.116. The molecule has 0 atom stereocenters. The predicted molar refractivity (Wildman–Crippen MR) is 90.0 cm³/mol. The second-order valence-corrected chi connectivity index (χ2v) is 5.46. The molecule has 1 amide bonds. The van der Waals surface area contributed by atoms with Crippen LogP contribution in [0, 0.1) is 11.3 Å². The number of imidazole rings is 1. The minimum absolute atomic E-state index is 0.160. The van der Waals surface area contributed by atoms with Crippen molar-refractivity contribution >= 4 is 22.8 Å². The van der Waals surface area contributed by atoms with Crippen LogP contribution in [0.3, 0.4) is 0 Å². The number of aryl methyl sites for hydroxylation is 1. The van der Waals surface area contributed by atoms with Gasteiger partial charge in [0.1, 0.15) is 12.6 Å². The van der Waals surface area contributed by atoms with Crippen LogP contribution in [0.2, 0.25) is 0 Å². The molecular weight excluding hydrogens is 324 g/mol. The predicted octanol–water partition coefficient (Wildman–Crippen LogP) is -0.0559. The van der Waals surface area contributed by atoms with Crippen molar-refractivity contribution in [3.05, 3.63) is 57.0 Å². The van der Waals surface area contributed by atoms with Crippen LogP contribution in [0.5, 0.6) is 0 Å². The zero-order valence-electron chi connectivity index (χ0n) is 13.6. The first-order chi connectivity index (χ1) is 11.9. The lowest BCUT2D eigenvalue weighted by Crippen LogP contribution is -2.37. The Labute approximate surface area is 141 Å². The average Bonchev–Trinajstić information content (AvgIpc) is 3.02. The van der Waals surface area contributed by atoms with E-state index in [0.717, 1.165) is 4.57 Å². The van der Waals surface area contributed by atoms with Crippen molar-refractivity contribution in [1.29, 1.82) is 5.26 Å². The van der Waals surface area contributed by atoms with Crippen LogP contribution in [0.1, 0.15) is 5.56 Å². The summed E-state index contributed by atoms with van der Waals surface area (Å²) in [6.07, 6.45) is 1.33. The summed E-state index contributed by atoms with van der Waals surface area (Å²) in [6, 6.07) is 8.60. The third-order valence-electron chi connectivity index (χ3n) is 3.85. The van der Waals surface area contributed by atoms with E-state index >= 15 is 0 Å². The zero-order valence-corrected chi connectivity index (χ0v) is 13.6. The molecule has 0 saturated carbocycles. The molecule has 0 bridgehead atoms. The van der Waals surface area contributed by atoms with Gasteiger partial charge in [-0.15, -0.1) is 0 Å². The van der Waals surface area contributed by atoms with Crippen molar-refractivity contribution in [3.8, 4) is 6.07 Å². The highest BCUT2D eigenvalue weighted by Crippen LogP contribution is 2.14. The second-order valence-electron chi connectivity index (χ2n) is 5.46. The van der Waals surface area contributed by atoms with Gasteiger partial charge in [0.05, 0.1) is 17.6 Å². The molecule has 126 valence electrons. The number of benzene rings is 1. The third-order valence-corrected chi connectivity index (χ3v) is 3.85. The summed E-state index contributed by atoms with van der Waals surface area (Å²) < 4.78 is 3.58. The number of fused-ring (bicyclic) bond motifs is 1. The fourth-order valence-corrected chi connectivity index (χ4v) is 2.55. The SMILES string of the molecule is Cn1c(=O)c2c(ncn2CC(=O)Nc2ccccc2C#N)n(C)c1=O. The van der Waals surface area contributed by atoms with E-state index in [2.05, 4.69) is 10.3 Å². The van der Waals surface area contributed by atoms with Gasteiger partial charge in [-0.1, -0.05) is 12.1 Å². The Morgan fingerprint density at radius 1 is 1.24 bits per heavy atom. The van der Waals surface area contributed by atoms with Crippen LogP contribution in [0.4, 0.5) is 5.69 Å². The Kier molecular flexibility index (Phi) is 3.94. The lowest BCUT2D eigenvalue weighted by atomic mass is 10.2. The zero-order chi connectivity index (χ0) is 18.1. The average molecular weight is 338 g/mol. The molecule has 2 heterocycles. The number of hydrogen-bond donors (Lipinski definition) is 1. The maximum atomic E-state index is 12.3. The summed E-state index contributed by atoms with van der Waals surface area (Å²) in [5, 5.41) is 11.7. The molecule has 0 aliphatic rings. The Morgan fingerprint density at radius 3 is 2.68 bits per heavy atom. The van der Waals surface area contributed by atoms with Gasteiger partial charge in [-0.3, -0.25) is 18.7 Å². The molecule has 0 aliphatic heterocycles. The first-order valence-corrected chi connectivity index (χ1v) is 7.34. The molecule has 1 aromatic carbocycles. The number of carbonyl (C=O) groups is 1. The quantitative estimate of drug-likeness (QED) is 0.719. The van der Waals surface area contributed by atoms with Crippen LogP contribution in [0.25, 0.3) is 11.2 Å². The van der Waals surface area contributed by atoms with Gasteiger partial charge in [0.25, 0.3) is 5.56 Å². The molecule has 0 saturated heterocycles. The largest absolute Gasteiger partial charge is 0.332 e. The van der Waals surface area contributed by atoms with E-state index in [1.807, 2.05) is 6.07 Å². The van der Waals surface area contributed by atoms with E-state index < -0.39 is 17.2 Å². The molecule has 25 heavy (non-hydrogen) atoms. The monoisotopic (exact) mass is 338 g/mol. The van der Waals surface area contributed by atoms with E-state index in [9.17, 15) is 14.4 Å². The summed E-state index contributed by atoms with van der Waals surface area (Å²) in [4.78, 5) is 40.6. The van der Waals surface area contributed by atoms with E-state index in [0.29, 0.717) is 11.3 Å². The number of nitrogens with one attached hydrogen (secondary N) is 1. The lowest BCUT2D eigenvalue weighted by Gasteiger charge is -2.08. The molecule has 0 fully saturated rings. The van der Waals surface area contributed by atoms with Crippen molar-refractivity contribution in [3.63, 3.8) is 0 Å². The maximum Gasteiger partial charge on any atom is 0.332 e. The Hall–Kier alpha value is -3.67. The molecule has 1 N–H and O–H groups in total. The maximum absolute atomic E-state index is 12.3. The van der Waals surface area contributed by atoms with Crippen molar-refractivity contribution in [2.45, 2.75) is 6.54 Å². The Balaban J connectivity index is 1.97. The molecule has 3 aromatic rings. The normalized spacial score (nSPS) is 10.6. The summed E-state index contributed by atoms with van der Waals surface area (Å²) >= 11 is 0. The minimum Gasteiger partial charge on any atom is -0.323 e. The van der Waals surface area contributed by atoms with Crippen LogP contribution in [-0.4, -0.2) is 24.6 Å². The number of anilines is 1. The molecule has 9 heteroatoms. The first kappa shape index (κ1) is 16.2. The standard InChI is InChI=1S/C16H14N6O3/c1-20-14-13(15(24)21(2)16(20)25)22(9-18-14)8-12(23)19-11-6-4-3-5-10(11)7-17/h3-6,9H,8H2,1-2H3,(H,19,23). The highest BCUT2D eigenvalue weighted by molar-refractivity contribution is 5.92. The fourth-order valence-electron chi connectivity index (χ4n) is 2.55. The summed E-state index contributed by atoms with van der Waals surface area (Å²) in [7, 11) is 2.87. The molecule has 0 unspecified atom stereocenters. The minimum atomic E-state index is -0.527. The molecule has 9 nitrogen and oxygen atoms in total. The number of hydrogen-bond acceptors (Lipinski definition) is 5. The van der Waals surface area contributed by atoms with Gasteiger partial charge in [0, 0.05) is 14.1 Å². The highest BCUT2D eigenvalue weighted by Gasteiger charge is 2.16. The Bertz CT molecular complexity index is 1150. The number of aromatic nitrogens is 4. The van der Waals surface area contributed by atoms with Gasteiger partial charge in [-0.05, 0) is 12.1 Å². The van der Waals surface area contributed by atoms with Gasteiger partial charge in [-0.2, -0.15) is 5.26 Å².